The van der Waals surface area contributed by atoms with E-state index in [9.17, 15) is 9.18 Å². The number of hydrogen-bond donors (Lipinski definition) is 0. The number of likely N-dealkylation sites (tertiary alicyclic amines) is 1. The predicted octanol–water partition coefficient (Wildman–Crippen LogP) is 5.22. The summed E-state index contributed by atoms with van der Waals surface area (Å²) < 4.78 is 15.0. The van der Waals surface area contributed by atoms with E-state index in [1.54, 1.807) is 17.4 Å². The second kappa shape index (κ2) is 6.84. The van der Waals surface area contributed by atoms with Gasteiger partial charge in [-0.1, -0.05) is 12.1 Å². The molecule has 1 fully saturated rings. The lowest BCUT2D eigenvalue weighted by Crippen LogP contribution is -2.39. The summed E-state index contributed by atoms with van der Waals surface area (Å²) in [6, 6.07) is 12.3. The quantitative estimate of drug-likeness (QED) is 0.571. The summed E-state index contributed by atoms with van der Waals surface area (Å²) >= 11 is 5.01. The van der Waals surface area contributed by atoms with Crippen LogP contribution < -0.4 is 0 Å². The van der Waals surface area contributed by atoms with Crippen LogP contribution in [-0.4, -0.2) is 28.9 Å². The van der Waals surface area contributed by atoms with Gasteiger partial charge >= 0.3 is 0 Å². The molecule has 1 atom stereocenters. The number of hydrogen-bond acceptors (Lipinski definition) is 3. The summed E-state index contributed by atoms with van der Waals surface area (Å²) in [5, 5.41) is 1.09. The van der Waals surface area contributed by atoms with Crippen molar-refractivity contribution in [1.29, 1.82) is 0 Å². The molecular formula is C19H16BrFN2OS. The second-order valence-electron chi connectivity index (χ2n) is 6.23. The number of thiazole rings is 1. The Balaban J connectivity index is 1.57. The molecule has 1 aliphatic rings. The molecule has 6 heteroatoms. The summed E-state index contributed by atoms with van der Waals surface area (Å²) in [5.74, 6) is -0.151. The summed E-state index contributed by atoms with van der Waals surface area (Å²) in [4.78, 5) is 19.5. The first-order valence-electron chi connectivity index (χ1n) is 8.21. The van der Waals surface area contributed by atoms with Crippen LogP contribution in [0.4, 0.5) is 4.39 Å². The van der Waals surface area contributed by atoms with Gasteiger partial charge in [-0.2, -0.15) is 0 Å². The maximum absolute atomic E-state index is 13.3. The van der Waals surface area contributed by atoms with Crippen molar-refractivity contribution in [2.45, 2.75) is 18.8 Å². The highest BCUT2D eigenvalue weighted by atomic mass is 79.9. The molecule has 0 unspecified atom stereocenters. The minimum Gasteiger partial charge on any atom is -0.338 e. The average molecular weight is 419 g/mol. The lowest BCUT2D eigenvalue weighted by Gasteiger charge is -2.32. The molecule has 1 amide bonds. The van der Waals surface area contributed by atoms with E-state index >= 15 is 0 Å². The average Bonchev–Trinajstić information content (AvgIpc) is 3.05. The molecule has 0 aliphatic carbocycles. The summed E-state index contributed by atoms with van der Waals surface area (Å²) in [6.45, 7) is 1.38. The molecule has 3 aromatic rings. The van der Waals surface area contributed by atoms with Gasteiger partial charge in [0.2, 0.25) is 0 Å². The third-order valence-electron chi connectivity index (χ3n) is 4.53. The van der Waals surface area contributed by atoms with Crippen molar-refractivity contribution in [3.63, 3.8) is 0 Å². The van der Waals surface area contributed by atoms with Crippen molar-refractivity contribution in [3.8, 4) is 0 Å². The Hall–Kier alpha value is -1.79. The van der Waals surface area contributed by atoms with Crippen LogP contribution in [0.2, 0.25) is 0 Å². The molecule has 0 N–H and O–H groups in total. The highest BCUT2D eigenvalue weighted by Gasteiger charge is 2.28. The molecule has 25 heavy (non-hydrogen) atoms. The first-order valence-corrected chi connectivity index (χ1v) is 9.82. The third kappa shape index (κ3) is 3.33. The van der Waals surface area contributed by atoms with Gasteiger partial charge in [0.25, 0.3) is 5.91 Å². The third-order valence-corrected chi connectivity index (χ3v) is 6.38. The number of carbonyl (C=O) groups is 1. The number of fused-ring (bicyclic) bond motifs is 1. The molecule has 1 aliphatic heterocycles. The SMILES string of the molecule is O=C(c1ccc(F)cc1Br)N1CCC[C@@H](c2nc3ccccc3s2)C1. The van der Waals surface area contributed by atoms with E-state index in [0.717, 1.165) is 29.9 Å². The molecule has 3 nitrogen and oxygen atoms in total. The summed E-state index contributed by atoms with van der Waals surface area (Å²) in [5.41, 5.74) is 1.53. The molecule has 4 rings (SSSR count). The van der Waals surface area contributed by atoms with Gasteiger partial charge in [-0.3, -0.25) is 4.79 Å². The van der Waals surface area contributed by atoms with Crippen LogP contribution in [-0.2, 0) is 0 Å². The summed E-state index contributed by atoms with van der Waals surface area (Å²) in [7, 11) is 0. The molecular weight excluding hydrogens is 403 g/mol. The molecule has 0 spiro atoms. The van der Waals surface area contributed by atoms with Gasteiger partial charge in [-0.25, -0.2) is 9.37 Å². The van der Waals surface area contributed by atoms with Crippen LogP contribution in [0.1, 0.15) is 34.1 Å². The number of aromatic nitrogens is 1. The van der Waals surface area contributed by atoms with Gasteiger partial charge in [0.1, 0.15) is 5.82 Å². The molecule has 0 saturated carbocycles. The molecule has 128 valence electrons. The van der Waals surface area contributed by atoms with Crippen molar-refractivity contribution in [2.75, 3.05) is 13.1 Å². The number of halogens is 2. The zero-order valence-corrected chi connectivity index (χ0v) is 15.8. The van der Waals surface area contributed by atoms with Gasteiger partial charge in [0.05, 0.1) is 20.8 Å². The standard InChI is InChI=1S/C19H16BrFN2OS/c20-15-10-13(21)7-8-14(15)19(24)23-9-3-4-12(11-23)18-22-16-5-1-2-6-17(16)25-18/h1-2,5-8,10,12H,3-4,9,11H2/t12-/m1/s1. The number of carbonyl (C=O) groups excluding carboxylic acids is 1. The Morgan fingerprint density at radius 3 is 2.92 bits per heavy atom. The maximum atomic E-state index is 13.3. The number of para-hydroxylation sites is 1. The maximum Gasteiger partial charge on any atom is 0.255 e. The van der Waals surface area contributed by atoms with E-state index < -0.39 is 0 Å². The van der Waals surface area contributed by atoms with Gasteiger partial charge in [-0.05, 0) is 59.1 Å². The lowest BCUT2D eigenvalue weighted by atomic mass is 9.98. The number of benzene rings is 2. The van der Waals surface area contributed by atoms with Gasteiger partial charge in [-0.15, -0.1) is 11.3 Å². The number of piperidine rings is 1. The van der Waals surface area contributed by atoms with Crippen molar-refractivity contribution in [3.05, 3.63) is 63.3 Å². The Morgan fingerprint density at radius 1 is 1.28 bits per heavy atom. The molecule has 1 aromatic heterocycles. The van der Waals surface area contributed by atoms with E-state index in [1.165, 1.54) is 16.8 Å². The molecule has 0 radical (unpaired) electrons. The normalized spacial score (nSPS) is 17.8. The van der Waals surface area contributed by atoms with Crippen molar-refractivity contribution < 1.29 is 9.18 Å². The minimum atomic E-state index is -0.352. The van der Waals surface area contributed by atoms with Crippen molar-refractivity contribution in [2.24, 2.45) is 0 Å². The van der Waals surface area contributed by atoms with Gasteiger partial charge in [0.15, 0.2) is 0 Å². The fraction of sp³-hybridized carbons (Fsp3) is 0.263. The second-order valence-corrected chi connectivity index (χ2v) is 8.15. The fourth-order valence-electron chi connectivity index (χ4n) is 3.26. The van der Waals surface area contributed by atoms with E-state index in [2.05, 4.69) is 22.0 Å². The molecule has 1 saturated heterocycles. The van der Waals surface area contributed by atoms with Crippen LogP contribution in [0.5, 0.6) is 0 Å². The van der Waals surface area contributed by atoms with Crippen molar-refractivity contribution in [1.82, 2.24) is 9.88 Å². The van der Waals surface area contributed by atoms with E-state index in [1.807, 2.05) is 23.1 Å². The van der Waals surface area contributed by atoms with E-state index in [0.29, 0.717) is 16.6 Å². The first-order chi connectivity index (χ1) is 12.1. The molecule has 2 aromatic carbocycles. The Morgan fingerprint density at radius 2 is 2.12 bits per heavy atom. The van der Waals surface area contributed by atoms with Crippen LogP contribution in [0.3, 0.4) is 0 Å². The Bertz CT molecular complexity index is 909. The van der Waals surface area contributed by atoms with Gasteiger partial charge in [0, 0.05) is 23.5 Å². The first kappa shape index (κ1) is 16.7. The topological polar surface area (TPSA) is 33.2 Å². The number of nitrogens with zero attached hydrogens (tertiary/aromatic N) is 2. The van der Waals surface area contributed by atoms with E-state index in [-0.39, 0.29) is 17.6 Å². The zero-order chi connectivity index (χ0) is 17.4. The highest BCUT2D eigenvalue weighted by molar-refractivity contribution is 9.10. The van der Waals surface area contributed by atoms with Gasteiger partial charge < -0.3 is 4.90 Å². The fourth-order valence-corrected chi connectivity index (χ4v) is 4.87. The van der Waals surface area contributed by atoms with Crippen LogP contribution >= 0.6 is 27.3 Å². The minimum absolute atomic E-state index is 0.0577. The smallest absolute Gasteiger partial charge is 0.255 e. The van der Waals surface area contributed by atoms with Crippen molar-refractivity contribution >= 4 is 43.4 Å². The number of rotatable bonds is 2. The lowest BCUT2D eigenvalue weighted by molar-refractivity contribution is 0.0706. The number of amides is 1. The molecule has 2 heterocycles. The largest absolute Gasteiger partial charge is 0.338 e. The predicted molar refractivity (Wildman–Crippen MR) is 102 cm³/mol. The summed E-state index contributed by atoms with van der Waals surface area (Å²) in [6.07, 6.45) is 1.99. The zero-order valence-electron chi connectivity index (χ0n) is 13.4. The van der Waals surface area contributed by atoms with E-state index in [4.69, 9.17) is 4.98 Å². The Labute approximate surface area is 157 Å². The monoisotopic (exact) mass is 418 g/mol. The Kier molecular flexibility index (Phi) is 4.56. The van der Waals surface area contributed by atoms with Crippen LogP contribution in [0.25, 0.3) is 10.2 Å². The molecule has 0 bridgehead atoms. The highest BCUT2D eigenvalue weighted by Crippen LogP contribution is 2.33. The van der Waals surface area contributed by atoms with Crippen LogP contribution in [0.15, 0.2) is 46.9 Å². The van der Waals surface area contributed by atoms with Crippen LogP contribution in [0, 0.1) is 5.82 Å².